The Morgan fingerprint density at radius 2 is 1.68 bits per heavy atom. The van der Waals surface area contributed by atoms with Crippen molar-refractivity contribution in [1.82, 2.24) is 9.80 Å². The fraction of sp³-hybridized carbons (Fsp3) is 0.296. The molecule has 0 aromatic heterocycles. The molecule has 10 heteroatoms. The summed E-state index contributed by atoms with van der Waals surface area (Å²) in [6, 6.07) is 20.0. The van der Waals surface area contributed by atoms with Gasteiger partial charge < -0.3 is 19.7 Å². The Labute approximate surface area is 215 Å². The molecule has 5 rings (SSSR count). The van der Waals surface area contributed by atoms with E-state index in [1.54, 1.807) is 24.0 Å². The van der Waals surface area contributed by atoms with Gasteiger partial charge >= 0.3 is 13.2 Å². The lowest BCUT2D eigenvalue weighted by molar-refractivity contribution is 0.0728. The molecular formula is C27H28BN5O4. The number of ether oxygens (including phenoxy) is 1. The number of nitrogens with zero attached hydrogens (tertiary/aromatic N) is 5. The molecule has 1 heterocycles. The molecule has 1 aliphatic carbocycles. The largest absolute Gasteiger partial charge is 0.488 e. The highest BCUT2D eigenvalue weighted by Crippen LogP contribution is 2.44. The van der Waals surface area contributed by atoms with Crippen LogP contribution >= 0.6 is 0 Å². The number of amides is 1. The zero-order valence-corrected chi connectivity index (χ0v) is 20.6. The molecule has 1 aliphatic heterocycles. The molecule has 0 radical (unpaired) electrons. The highest BCUT2D eigenvalue weighted by Gasteiger charge is 2.30. The zero-order chi connectivity index (χ0) is 25.9. The molecule has 1 saturated heterocycles. The fourth-order valence-electron chi connectivity index (χ4n) is 5.32. The number of carbonyl (C=O) groups is 1. The van der Waals surface area contributed by atoms with Crippen LogP contribution in [0.2, 0.25) is 0 Å². The molecular weight excluding hydrogens is 469 g/mol. The van der Waals surface area contributed by atoms with E-state index in [0.29, 0.717) is 56.0 Å². The van der Waals surface area contributed by atoms with Gasteiger partial charge in [-0.3, -0.25) is 4.90 Å². The molecule has 2 aliphatic rings. The number of rotatable bonds is 6. The molecule has 3 aromatic rings. The summed E-state index contributed by atoms with van der Waals surface area (Å²) < 4.78 is 5.80. The summed E-state index contributed by atoms with van der Waals surface area (Å²) in [5.74, 6) is 0.0283. The van der Waals surface area contributed by atoms with E-state index in [4.69, 9.17) is 10.3 Å². The summed E-state index contributed by atoms with van der Waals surface area (Å²) in [5.41, 5.74) is 15.7. The smallest absolute Gasteiger partial charge is 0.448 e. The summed E-state index contributed by atoms with van der Waals surface area (Å²) in [7, 11) is -1.65. The first-order valence-corrected chi connectivity index (χ1v) is 12.3. The van der Waals surface area contributed by atoms with Gasteiger partial charge in [-0.15, -0.1) is 0 Å². The minimum absolute atomic E-state index is 0.0283. The number of carbonyl (C=O) groups excluding carboxylic acids is 1. The second-order valence-corrected chi connectivity index (χ2v) is 9.46. The molecule has 2 N–H and O–H groups in total. The predicted molar refractivity (Wildman–Crippen MR) is 142 cm³/mol. The average Bonchev–Trinajstić information content (AvgIpc) is 3.23. The normalized spacial score (nSPS) is 15.1. The van der Waals surface area contributed by atoms with Crippen molar-refractivity contribution in [2.75, 3.05) is 32.8 Å². The van der Waals surface area contributed by atoms with Gasteiger partial charge in [0.25, 0.3) is 0 Å². The van der Waals surface area contributed by atoms with Crippen LogP contribution in [-0.2, 0) is 11.3 Å². The highest BCUT2D eigenvalue weighted by molar-refractivity contribution is 6.59. The minimum atomic E-state index is -1.65. The van der Waals surface area contributed by atoms with Gasteiger partial charge in [0.2, 0.25) is 0 Å². The monoisotopic (exact) mass is 497 g/mol. The van der Waals surface area contributed by atoms with Gasteiger partial charge in [-0.05, 0) is 57.4 Å². The van der Waals surface area contributed by atoms with E-state index in [1.807, 2.05) is 24.3 Å². The molecule has 1 fully saturated rings. The number of piperazine rings is 1. The van der Waals surface area contributed by atoms with Gasteiger partial charge in [0, 0.05) is 49.2 Å². The number of azide groups is 1. The maximum absolute atomic E-state index is 12.9. The first-order valence-electron chi connectivity index (χ1n) is 12.3. The number of benzene rings is 3. The lowest BCUT2D eigenvalue weighted by Crippen LogP contribution is -2.48. The average molecular weight is 497 g/mol. The van der Waals surface area contributed by atoms with Crippen LogP contribution in [0.4, 0.5) is 10.5 Å². The summed E-state index contributed by atoms with van der Waals surface area (Å²) in [4.78, 5) is 19.6. The van der Waals surface area contributed by atoms with E-state index in [-0.39, 0.29) is 12.0 Å². The summed E-state index contributed by atoms with van der Waals surface area (Å²) in [5, 5.41) is 23.1. The first-order chi connectivity index (χ1) is 18.0. The van der Waals surface area contributed by atoms with Crippen molar-refractivity contribution in [1.29, 1.82) is 0 Å². The Morgan fingerprint density at radius 1 is 1.05 bits per heavy atom. The van der Waals surface area contributed by atoms with Crippen LogP contribution < -0.4 is 5.46 Å². The second-order valence-electron chi connectivity index (χ2n) is 9.46. The number of hydrogen-bond acceptors (Lipinski definition) is 6. The molecule has 0 saturated carbocycles. The molecule has 0 spiro atoms. The molecule has 0 bridgehead atoms. The molecule has 9 nitrogen and oxygen atoms in total. The Balaban J connectivity index is 1.19. The van der Waals surface area contributed by atoms with Crippen molar-refractivity contribution >= 4 is 24.4 Å². The van der Waals surface area contributed by atoms with E-state index in [9.17, 15) is 14.8 Å². The summed E-state index contributed by atoms with van der Waals surface area (Å²) in [6.45, 7) is 4.87. The maximum Gasteiger partial charge on any atom is 0.488 e. The SMILES string of the molecule is Cc1c(N=[N+]=[N-])cc(CN2CCN(C(=O)OCC3c4ccccc4-c4ccccc43)CC2)cc1B(O)O. The highest BCUT2D eigenvalue weighted by atomic mass is 16.6. The predicted octanol–water partition coefficient (Wildman–Crippen LogP) is 3.68. The van der Waals surface area contributed by atoms with Crippen LogP contribution in [0.1, 0.15) is 28.2 Å². The standard InChI is InChI=1S/C27H28BN5O4/c1-18-25(28(35)36)14-19(15-26(18)30-31-29)16-32-10-12-33(13-11-32)27(34)37-17-24-22-8-4-2-6-20(22)21-7-3-5-9-23(21)24/h2-9,14-15,24,35-36H,10-13,16-17H2,1H3. The second kappa shape index (κ2) is 10.7. The van der Waals surface area contributed by atoms with Crippen molar-refractivity contribution in [2.24, 2.45) is 5.11 Å². The molecule has 3 aromatic carbocycles. The molecule has 0 unspecified atom stereocenters. The Bertz CT molecular complexity index is 1320. The van der Waals surface area contributed by atoms with E-state index >= 15 is 0 Å². The molecule has 188 valence electrons. The van der Waals surface area contributed by atoms with Crippen LogP contribution in [0.25, 0.3) is 21.6 Å². The van der Waals surface area contributed by atoms with Crippen LogP contribution in [0, 0.1) is 6.92 Å². The van der Waals surface area contributed by atoms with Gasteiger partial charge in [-0.2, -0.15) is 0 Å². The van der Waals surface area contributed by atoms with Crippen molar-refractivity contribution in [3.63, 3.8) is 0 Å². The van der Waals surface area contributed by atoms with Crippen molar-refractivity contribution < 1.29 is 19.6 Å². The van der Waals surface area contributed by atoms with Gasteiger partial charge in [0.1, 0.15) is 6.61 Å². The lowest BCUT2D eigenvalue weighted by Gasteiger charge is -2.34. The molecule has 37 heavy (non-hydrogen) atoms. The lowest BCUT2D eigenvalue weighted by atomic mass is 9.76. The summed E-state index contributed by atoms with van der Waals surface area (Å²) in [6.07, 6.45) is -0.312. The first kappa shape index (κ1) is 24.9. The van der Waals surface area contributed by atoms with E-state index in [1.165, 1.54) is 22.3 Å². The van der Waals surface area contributed by atoms with E-state index in [0.717, 1.165) is 5.56 Å². The van der Waals surface area contributed by atoms with Crippen LogP contribution in [0.5, 0.6) is 0 Å². The third kappa shape index (κ3) is 5.05. The molecule has 0 atom stereocenters. The van der Waals surface area contributed by atoms with Crippen molar-refractivity contribution in [2.45, 2.75) is 19.4 Å². The third-order valence-corrected chi connectivity index (χ3v) is 7.28. The van der Waals surface area contributed by atoms with Gasteiger partial charge in [-0.25, -0.2) is 4.79 Å². The van der Waals surface area contributed by atoms with Crippen LogP contribution in [0.15, 0.2) is 65.8 Å². The third-order valence-electron chi connectivity index (χ3n) is 7.28. The van der Waals surface area contributed by atoms with E-state index in [2.05, 4.69) is 39.2 Å². The van der Waals surface area contributed by atoms with Crippen LogP contribution in [-0.4, -0.2) is 65.8 Å². The van der Waals surface area contributed by atoms with Gasteiger partial charge in [0.05, 0.1) is 0 Å². The topological polar surface area (TPSA) is 122 Å². The van der Waals surface area contributed by atoms with Gasteiger partial charge in [-0.1, -0.05) is 59.7 Å². The van der Waals surface area contributed by atoms with Gasteiger partial charge in [0.15, 0.2) is 0 Å². The van der Waals surface area contributed by atoms with Crippen LogP contribution in [0.3, 0.4) is 0 Å². The Morgan fingerprint density at radius 3 is 2.27 bits per heavy atom. The van der Waals surface area contributed by atoms with Crippen molar-refractivity contribution in [3.05, 3.63) is 93.4 Å². The number of fused-ring (bicyclic) bond motifs is 3. The quantitative estimate of drug-likeness (QED) is 0.233. The Hall–Kier alpha value is -3.82. The zero-order valence-electron chi connectivity index (χ0n) is 20.6. The fourth-order valence-corrected chi connectivity index (χ4v) is 5.32. The van der Waals surface area contributed by atoms with Crippen molar-refractivity contribution in [3.8, 4) is 11.1 Å². The Kier molecular flexibility index (Phi) is 7.16. The molecule has 1 amide bonds. The minimum Gasteiger partial charge on any atom is -0.448 e. The maximum atomic E-state index is 12.9. The van der Waals surface area contributed by atoms with E-state index < -0.39 is 7.12 Å². The number of hydrogen-bond donors (Lipinski definition) is 2. The summed E-state index contributed by atoms with van der Waals surface area (Å²) >= 11 is 0.